The highest BCUT2D eigenvalue weighted by molar-refractivity contribution is 6.58. The Bertz CT molecular complexity index is 444. The molecular formula is C12H16BNO4. The molecule has 0 unspecified atom stereocenters. The second-order valence-corrected chi connectivity index (χ2v) is 4.33. The largest absolute Gasteiger partial charge is 0.496 e. The number of benzene rings is 1. The van der Waals surface area contributed by atoms with E-state index in [-0.39, 0.29) is 5.91 Å². The number of carbonyl (C=O) groups excluding carboxylic acids is 1. The zero-order valence-electron chi connectivity index (χ0n) is 10.3. The van der Waals surface area contributed by atoms with Crippen LogP contribution in [0.1, 0.15) is 23.2 Å². The van der Waals surface area contributed by atoms with Crippen LogP contribution in [0.5, 0.6) is 5.75 Å². The first-order valence-corrected chi connectivity index (χ1v) is 5.97. The lowest BCUT2D eigenvalue weighted by atomic mass is 9.80. The summed E-state index contributed by atoms with van der Waals surface area (Å²) in [7, 11) is -0.0984. The maximum atomic E-state index is 12.2. The van der Waals surface area contributed by atoms with Crippen molar-refractivity contribution in [2.24, 2.45) is 0 Å². The van der Waals surface area contributed by atoms with Gasteiger partial charge in [0.25, 0.3) is 5.91 Å². The van der Waals surface area contributed by atoms with Gasteiger partial charge >= 0.3 is 7.12 Å². The third kappa shape index (κ3) is 2.49. The van der Waals surface area contributed by atoms with Crippen molar-refractivity contribution in [2.75, 3.05) is 20.2 Å². The van der Waals surface area contributed by atoms with Crippen molar-refractivity contribution < 1.29 is 19.6 Å². The Hall–Kier alpha value is -1.53. The molecule has 6 heteroatoms. The predicted molar refractivity (Wildman–Crippen MR) is 68.0 cm³/mol. The van der Waals surface area contributed by atoms with Crippen LogP contribution in [0.25, 0.3) is 0 Å². The Morgan fingerprint density at radius 3 is 2.56 bits per heavy atom. The maximum absolute atomic E-state index is 12.2. The molecule has 1 fully saturated rings. The van der Waals surface area contributed by atoms with Crippen molar-refractivity contribution >= 4 is 18.5 Å². The molecule has 0 aliphatic carbocycles. The summed E-state index contributed by atoms with van der Waals surface area (Å²) in [6.07, 6.45) is 2.06. The summed E-state index contributed by atoms with van der Waals surface area (Å²) in [5.41, 5.74) is 0.772. The van der Waals surface area contributed by atoms with Gasteiger partial charge < -0.3 is 19.7 Å². The normalized spacial score (nSPS) is 14.7. The number of likely N-dealkylation sites (tertiary alicyclic amines) is 1. The number of rotatable bonds is 3. The highest BCUT2D eigenvalue weighted by Gasteiger charge is 2.23. The fourth-order valence-corrected chi connectivity index (χ4v) is 2.14. The third-order valence-corrected chi connectivity index (χ3v) is 3.15. The summed E-state index contributed by atoms with van der Waals surface area (Å²) >= 11 is 0. The highest BCUT2D eigenvalue weighted by Crippen LogP contribution is 2.21. The minimum Gasteiger partial charge on any atom is -0.496 e. The number of nitrogens with zero attached hydrogens (tertiary/aromatic N) is 1. The fourth-order valence-electron chi connectivity index (χ4n) is 2.14. The molecule has 0 aromatic heterocycles. The summed E-state index contributed by atoms with van der Waals surface area (Å²) in [6, 6.07) is 4.58. The Labute approximate surface area is 106 Å². The van der Waals surface area contributed by atoms with E-state index < -0.39 is 7.12 Å². The fraction of sp³-hybridized carbons (Fsp3) is 0.417. The molecule has 18 heavy (non-hydrogen) atoms. The van der Waals surface area contributed by atoms with Crippen LogP contribution in [-0.2, 0) is 0 Å². The van der Waals surface area contributed by atoms with Crippen molar-refractivity contribution in [1.82, 2.24) is 4.90 Å². The molecule has 1 aliphatic heterocycles. The molecule has 1 aromatic rings. The Morgan fingerprint density at radius 2 is 2.00 bits per heavy atom. The second-order valence-electron chi connectivity index (χ2n) is 4.33. The summed E-state index contributed by atoms with van der Waals surface area (Å²) < 4.78 is 5.15. The van der Waals surface area contributed by atoms with Gasteiger partial charge in [0.2, 0.25) is 0 Å². The predicted octanol–water partition coefficient (Wildman–Crippen LogP) is -0.389. The SMILES string of the molecule is COc1cc(B(O)O)ccc1C(=O)N1CCCC1. The highest BCUT2D eigenvalue weighted by atomic mass is 16.5. The molecule has 1 saturated heterocycles. The smallest absolute Gasteiger partial charge is 0.488 e. The number of carbonyl (C=O) groups is 1. The zero-order valence-corrected chi connectivity index (χ0v) is 10.3. The summed E-state index contributed by atoms with van der Waals surface area (Å²) in [6.45, 7) is 1.54. The molecule has 1 amide bonds. The van der Waals surface area contributed by atoms with Crippen LogP contribution in [0.2, 0.25) is 0 Å². The summed E-state index contributed by atoms with van der Waals surface area (Å²) in [4.78, 5) is 14.0. The van der Waals surface area contributed by atoms with Crippen molar-refractivity contribution in [3.05, 3.63) is 23.8 Å². The lowest BCUT2D eigenvalue weighted by Crippen LogP contribution is -2.32. The van der Waals surface area contributed by atoms with Crippen LogP contribution in [0, 0.1) is 0 Å². The molecule has 5 nitrogen and oxygen atoms in total. The number of hydrogen-bond acceptors (Lipinski definition) is 4. The Morgan fingerprint density at radius 1 is 1.33 bits per heavy atom. The van der Waals surface area contributed by atoms with Crippen molar-refractivity contribution in [3.63, 3.8) is 0 Å². The average Bonchev–Trinajstić information content (AvgIpc) is 2.90. The van der Waals surface area contributed by atoms with Crippen LogP contribution < -0.4 is 10.2 Å². The Balaban J connectivity index is 2.29. The minimum absolute atomic E-state index is 0.0664. The topological polar surface area (TPSA) is 70.0 Å². The van der Waals surface area contributed by atoms with Gasteiger partial charge in [0.1, 0.15) is 5.75 Å². The Kier molecular flexibility index (Phi) is 3.89. The van der Waals surface area contributed by atoms with Gasteiger partial charge in [0.15, 0.2) is 0 Å². The quantitative estimate of drug-likeness (QED) is 0.716. The lowest BCUT2D eigenvalue weighted by molar-refractivity contribution is 0.0789. The molecule has 0 radical (unpaired) electrons. The summed E-state index contributed by atoms with van der Waals surface area (Å²) in [5.74, 6) is 0.306. The summed E-state index contributed by atoms with van der Waals surface area (Å²) in [5, 5.41) is 18.2. The van der Waals surface area contributed by atoms with E-state index in [4.69, 9.17) is 14.8 Å². The third-order valence-electron chi connectivity index (χ3n) is 3.15. The number of ether oxygens (including phenoxy) is 1. The van der Waals surface area contributed by atoms with Crippen molar-refractivity contribution in [2.45, 2.75) is 12.8 Å². The van der Waals surface area contributed by atoms with Crippen LogP contribution in [0.15, 0.2) is 18.2 Å². The number of amides is 1. The molecule has 1 aliphatic rings. The van der Waals surface area contributed by atoms with E-state index in [2.05, 4.69) is 0 Å². The molecule has 1 heterocycles. The first-order valence-electron chi connectivity index (χ1n) is 5.97. The van der Waals surface area contributed by atoms with Crippen LogP contribution in [0.3, 0.4) is 0 Å². The standard InChI is InChI=1S/C12H16BNO4/c1-18-11-8-9(13(16)17)4-5-10(11)12(15)14-6-2-3-7-14/h4-5,8,16-17H,2-3,6-7H2,1H3. The average molecular weight is 249 g/mol. The first-order chi connectivity index (χ1) is 8.63. The minimum atomic E-state index is -1.56. The van der Waals surface area contributed by atoms with Crippen molar-refractivity contribution in [3.8, 4) is 5.75 Å². The maximum Gasteiger partial charge on any atom is 0.488 e. The van der Waals surface area contributed by atoms with Gasteiger partial charge in [-0.1, -0.05) is 6.07 Å². The first kappa shape index (κ1) is 12.9. The van der Waals surface area contributed by atoms with Gasteiger partial charge in [-0.25, -0.2) is 0 Å². The second kappa shape index (κ2) is 5.41. The van der Waals surface area contributed by atoms with E-state index in [1.807, 2.05) is 0 Å². The molecule has 0 atom stereocenters. The van der Waals surface area contributed by atoms with Crippen LogP contribution >= 0.6 is 0 Å². The monoisotopic (exact) mass is 249 g/mol. The van der Waals surface area contributed by atoms with Gasteiger partial charge in [-0.3, -0.25) is 4.79 Å². The van der Waals surface area contributed by atoms with Gasteiger partial charge in [-0.2, -0.15) is 0 Å². The molecule has 0 spiro atoms. The molecular weight excluding hydrogens is 233 g/mol. The van der Waals surface area contributed by atoms with Gasteiger partial charge in [-0.15, -0.1) is 0 Å². The van der Waals surface area contributed by atoms with Gasteiger partial charge in [0.05, 0.1) is 12.7 Å². The van der Waals surface area contributed by atoms with E-state index >= 15 is 0 Å². The van der Waals surface area contributed by atoms with Gasteiger partial charge in [-0.05, 0) is 30.4 Å². The molecule has 2 N–H and O–H groups in total. The van der Waals surface area contributed by atoms with Crippen molar-refractivity contribution in [1.29, 1.82) is 0 Å². The lowest BCUT2D eigenvalue weighted by Gasteiger charge is -2.17. The van der Waals surface area contributed by atoms with E-state index in [0.717, 1.165) is 25.9 Å². The van der Waals surface area contributed by atoms with Crippen LogP contribution in [0.4, 0.5) is 0 Å². The molecule has 0 bridgehead atoms. The molecule has 0 saturated carbocycles. The van der Waals surface area contributed by atoms with Crippen LogP contribution in [-0.4, -0.2) is 48.2 Å². The molecule has 2 rings (SSSR count). The molecule has 1 aromatic carbocycles. The number of methoxy groups -OCH3 is 1. The number of hydrogen-bond donors (Lipinski definition) is 2. The van der Waals surface area contributed by atoms with E-state index in [1.54, 1.807) is 11.0 Å². The zero-order chi connectivity index (χ0) is 13.1. The van der Waals surface area contributed by atoms with E-state index in [0.29, 0.717) is 16.8 Å². The van der Waals surface area contributed by atoms with E-state index in [1.165, 1.54) is 19.2 Å². The van der Waals surface area contributed by atoms with E-state index in [9.17, 15) is 4.79 Å². The molecule has 96 valence electrons. The van der Waals surface area contributed by atoms with Gasteiger partial charge in [0, 0.05) is 13.1 Å².